The topological polar surface area (TPSA) is 111 Å². The average Bonchev–Trinajstić information content (AvgIpc) is 3.21. The summed E-state index contributed by atoms with van der Waals surface area (Å²) in [4.78, 5) is 58.7. The summed E-state index contributed by atoms with van der Waals surface area (Å²) in [6, 6.07) is 6.72. The van der Waals surface area contributed by atoms with E-state index in [9.17, 15) is 19.2 Å². The fourth-order valence-corrected chi connectivity index (χ4v) is 3.90. The van der Waals surface area contributed by atoms with Gasteiger partial charge in [0.25, 0.3) is 11.8 Å². The molecule has 0 radical (unpaired) electrons. The number of benzene rings is 1. The lowest BCUT2D eigenvalue weighted by Crippen LogP contribution is -2.47. The molecule has 0 unspecified atom stereocenters. The maximum Gasteiger partial charge on any atom is 0.313 e. The van der Waals surface area contributed by atoms with Gasteiger partial charge in [-0.1, -0.05) is 27.7 Å². The Hall–Kier alpha value is -3.57. The number of hydrogen-bond acceptors (Lipinski definition) is 8. The maximum atomic E-state index is 14.2. The number of likely N-dealkylation sites (N-methyl/N-ethyl adjacent to an activating group) is 1. The fraction of sp³-hybridized carbons (Fsp3) is 0.500. The molecule has 0 atom stereocenters. The smallest absolute Gasteiger partial charge is 0.313 e. The molecule has 0 aliphatic carbocycles. The molecular weight excluding hydrogens is 540 g/mol. The lowest BCUT2D eigenvalue weighted by molar-refractivity contribution is -0.140. The van der Waals surface area contributed by atoms with Gasteiger partial charge >= 0.3 is 11.9 Å². The minimum atomic E-state index is -0.643. The highest BCUT2D eigenvalue weighted by molar-refractivity contribution is 6.05. The Morgan fingerprint density at radius 2 is 1.27 bits per heavy atom. The molecule has 0 bridgehead atoms. The van der Waals surface area contributed by atoms with Gasteiger partial charge in [0.15, 0.2) is 11.4 Å². The molecule has 0 saturated carbocycles. The maximum absolute atomic E-state index is 14.2. The van der Waals surface area contributed by atoms with E-state index in [-0.39, 0.29) is 35.3 Å². The zero-order chi connectivity index (χ0) is 29.0. The van der Waals surface area contributed by atoms with Crippen LogP contribution < -0.4 is 14.2 Å². The van der Waals surface area contributed by atoms with Gasteiger partial charge in [0.2, 0.25) is 11.5 Å². The Labute approximate surface area is 241 Å². The fourth-order valence-electron chi connectivity index (χ4n) is 3.90. The molecule has 12 heteroatoms. The van der Waals surface area contributed by atoms with Crippen LogP contribution in [-0.2, 0) is 9.59 Å². The Morgan fingerprint density at radius 1 is 0.800 bits per heavy atom. The highest BCUT2D eigenvalue weighted by atomic mass is 35.5. The number of halogens is 1. The largest absolute Gasteiger partial charge is 0.497 e. The second-order valence-corrected chi connectivity index (χ2v) is 10.3. The number of carbonyl (C=O) groups is 4. The number of piperazine rings is 1. The third kappa shape index (κ3) is 6.95. The molecule has 2 heterocycles. The molecule has 1 aliphatic rings. The summed E-state index contributed by atoms with van der Waals surface area (Å²) >= 11 is 0. The van der Waals surface area contributed by atoms with Crippen molar-refractivity contribution < 1.29 is 33.4 Å². The number of amides is 2. The highest BCUT2D eigenvalue weighted by Gasteiger charge is 2.39. The second-order valence-electron chi connectivity index (χ2n) is 10.3. The number of nitrogens with zero attached hydrogens (tertiary/aromatic N) is 4. The van der Waals surface area contributed by atoms with Crippen molar-refractivity contribution in [2.45, 2.75) is 27.7 Å². The number of carbonyl (C=O) groups excluding carboxylic acids is 4. The molecule has 0 N–H and O–H groups in total. The Morgan fingerprint density at radius 3 is 1.70 bits per heavy atom. The Balaban J connectivity index is 0.00000560. The van der Waals surface area contributed by atoms with Crippen LogP contribution in [-0.4, -0.2) is 97.5 Å². The zero-order valence-electron chi connectivity index (χ0n) is 24.3. The van der Waals surface area contributed by atoms with Gasteiger partial charge in [0.1, 0.15) is 5.75 Å². The summed E-state index contributed by atoms with van der Waals surface area (Å²) in [6.07, 6.45) is 0. The third-order valence-electron chi connectivity index (χ3n) is 6.36. The number of rotatable bonds is 8. The molecule has 1 aliphatic heterocycles. The number of aromatic nitrogens is 1. The van der Waals surface area contributed by atoms with Crippen molar-refractivity contribution in [3.63, 3.8) is 0 Å². The third-order valence-corrected chi connectivity index (χ3v) is 6.36. The predicted molar refractivity (Wildman–Crippen MR) is 152 cm³/mol. The van der Waals surface area contributed by atoms with Gasteiger partial charge < -0.3 is 28.9 Å². The Kier molecular flexibility index (Phi) is 11.2. The van der Waals surface area contributed by atoms with E-state index >= 15 is 0 Å². The van der Waals surface area contributed by atoms with Crippen LogP contribution in [0.3, 0.4) is 0 Å². The van der Waals surface area contributed by atoms with Crippen molar-refractivity contribution in [3.8, 4) is 22.9 Å². The molecule has 2 amide bonds. The van der Waals surface area contributed by atoms with Gasteiger partial charge in [0.05, 0.1) is 18.9 Å². The van der Waals surface area contributed by atoms with Crippen molar-refractivity contribution in [1.29, 1.82) is 0 Å². The van der Waals surface area contributed by atoms with Gasteiger partial charge in [-0.15, -0.1) is 12.4 Å². The van der Waals surface area contributed by atoms with E-state index in [2.05, 4.69) is 4.90 Å². The van der Waals surface area contributed by atoms with Gasteiger partial charge in [-0.3, -0.25) is 23.7 Å². The zero-order valence-corrected chi connectivity index (χ0v) is 25.2. The van der Waals surface area contributed by atoms with E-state index in [1.165, 1.54) is 16.6 Å². The summed E-state index contributed by atoms with van der Waals surface area (Å²) in [5.41, 5.74) is 0.242. The van der Waals surface area contributed by atoms with E-state index in [1.807, 2.05) is 7.05 Å². The van der Waals surface area contributed by atoms with Crippen LogP contribution in [0.25, 0.3) is 5.69 Å². The van der Waals surface area contributed by atoms with Crippen molar-refractivity contribution >= 4 is 36.2 Å². The molecule has 11 nitrogen and oxygen atoms in total. The van der Waals surface area contributed by atoms with E-state index in [1.54, 1.807) is 71.0 Å². The minimum Gasteiger partial charge on any atom is -0.497 e. The number of ether oxygens (including phenoxy) is 3. The van der Waals surface area contributed by atoms with Crippen molar-refractivity contribution in [1.82, 2.24) is 19.3 Å². The first-order valence-corrected chi connectivity index (χ1v) is 12.9. The van der Waals surface area contributed by atoms with Crippen LogP contribution in [0.2, 0.25) is 0 Å². The Bertz CT molecular complexity index is 1230. The number of hydrogen-bond donors (Lipinski definition) is 0. The molecule has 220 valence electrons. The molecule has 1 fully saturated rings. The monoisotopic (exact) mass is 578 g/mol. The number of methoxy groups -OCH3 is 1. The average molecular weight is 579 g/mol. The van der Waals surface area contributed by atoms with E-state index in [0.29, 0.717) is 37.6 Å². The lowest BCUT2D eigenvalue weighted by atomic mass is 10.2. The molecule has 0 spiro atoms. The molecule has 1 saturated heterocycles. The molecule has 40 heavy (non-hydrogen) atoms. The van der Waals surface area contributed by atoms with Crippen LogP contribution in [0, 0.1) is 11.8 Å². The first-order chi connectivity index (χ1) is 18.4. The van der Waals surface area contributed by atoms with Gasteiger partial charge in [-0.05, 0) is 31.3 Å². The first kappa shape index (κ1) is 32.6. The normalized spacial score (nSPS) is 13.6. The van der Waals surface area contributed by atoms with Crippen molar-refractivity contribution in [2.75, 3.05) is 54.4 Å². The van der Waals surface area contributed by atoms with Crippen LogP contribution in [0.5, 0.6) is 17.2 Å². The van der Waals surface area contributed by atoms with Crippen LogP contribution in [0.1, 0.15) is 48.7 Å². The summed E-state index contributed by atoms with van der Waals surface area (Å²) in [5, 5.41) is 0. The molecule has 1 aromatic heterocycles. The highest BCUT2D eigenvalue weighted by Crippen LogP contribution is 2.42. The van der Waals surface area contributed by atoms with Crippen LogP contribution in [0.4, 0.5) is 0 Å². The van der Waals surface area contributed by atoms with E-state index < -0.39 is 35.6 Å². The van der Waals surface area contributed by atoms with Crippen LogP contribution in [0.15, 0.2) is 24.3 Å². The van der Waals surface area contributed by atoms with Crippen molar-refractivity contribution in [2.24, 2.45) is 11.8 Å². The van der Waals surface area contributed by atoms with Gasteiger partial charge in [0, 0.05) is 46.0 Å². The molecular formula is C28H39ClN4O7. The predicted octanol–water partition coefficient (Wildman–Crippen LogP) is 3.12. The first-order valence-electron chi connectivity index (χ1n) is 12.9. The summed E-state index contributed by atoms with van der Waals surface area (Å²) in [6.45, 7) is 8.74. The SMILES string of the molecule is COc1ccc(-n2c(C(=O)N(C)C)c(OC(=O)C(C)C)c(OC(=O)C(C)C)c2C(=O)N2CCN(C)CC2)cc1.Cl. The quantitative estimate of drug-likeness (QED) is 0.439. The second kappa shape index (κ2) is 13.7. The van der Waals surface area contributed by atoms with Gasteiger partial charge in [-0.2, -0.15) is 0 Å². The minimum absolute atomic E-state index is 0. The van der Waals surface area contributed by atoms with Crippen LogP contribution >= 0.6 is 12.4 Å². The standard InChI is InChI=1S/C28H38N4O7.ClH/c1-17(2)27(35)38-23-21(25(33)29(5)6)32(19-9-11-20(37-8)12-10-19)22(24(23)39-28(36)18(3)4)26(34)31-15-13-30(7)14-16-31;/h9-12,17-18H,13-16H2,1-8H3;1H. The summed E-state index contributed by atoms with van der Waals surface area (Å²) in [7, 11) is 6.59. The van der Waals surface area contributed by atoms with E-state index in [4.69, 9.17) is 14.2 Å². The molecule has 2 aromatic rings. The number of esters is 2. The molecule has 1 aromatic carbocycles. The van der Waals surface area contributed by atoms with Crippen molar-refractivity contribution in [3.05, 3.63) is 35.7 Å². The molecule has 3 rings (SSSR count). The summed E-state index contributed by atoms with van der Waals surface area (Å²) < 4.78 is 18.2. The van der Waals surface area contributed by atoms with E-state index in [0.717, 1.165) is 0 Å². The van der Waals surface area contributed by atoms with Gasteiger partial charge in [-0.25, -0.2) is 0 Å². The lowest BCUT2D eigenvalue weighted by Gasteiger charge is -2.32. The summed E-state index contributed by atoms with van der Waals surface area (Å²) in [5.74, 6) is -3.35.